The number of carbonyl (C=O) groups excluding carboxylic acids is 1. The summed E-state index contributed by atoms with van der Waals surface area (Å²) in [5.41, 5.74) is 1.61. The molecular weight excluding hydrogens is 452 g/mol. The molecule has 1 N–H and O–H groups in total. The first-order valence-corrected chi connectivity index (χ1v) is 10.0. The fraction of sp³-hybridized carbons (Fsp3) is 0.158. The van der Waals surface area contributed by atoms with Gasteiger partial charge in [0.15, 0.2) is 16.7 Å². The van der Waals surface area contributed by atoms with E-state index in [0.717, 1.165) is 11.3 Å². The van der Waals surface area contributed by atoms with Gasteiger partial charge in [-0.3, -0.25) is 4.79 Å². The Balaban J connectivity index is 1.84. The van der Waals surface area contributed by atoms with E-state index in [-0.39, 0.29) is 11.7 Å². The van der Waals surface area contributed by atoms with E-state index >= 15 is 0 Å². The van der Waals surface area contributed by atoms with Crippen LogP contribution in [0.25, 0.3) is 6.08 Å². The van der Waals surface area contributed by atoms with Gasteiger partial charge in [-0.25, -0.2) is 0 Å². The van der Waals surface area contributed by atoms with Gasteiger partial charge in [0, 0.05) is 17.8 Å². The maximum absolute atomic E-state index is 12.3. The molecule has 27 heavy (non-hydrogen) atoms. The van der Waals surface area contributed by atoms with Crippen LogP contribution in [0.5, 0.6) is 11.5 Å². The average Bonchev–Trinajstić information content (AvgIpc) is 3.00. The lowest BCUT2D eigenvalue weighted by Crippen LogP contribution is -2.21. The Labute approximate surface area is 174 Å². The number of aliphatic imine (C=N–C) groups is 1. The van der Waals surface area contributed by atoms with Crippen molar-refractivity contribution in [3.05, 3.63) is 56.4 Å². The highest BCUT2D eigenvalue weighted by Gasteiger charge is 2.25. The first-order chi connectivity index (χ1) is 12.9. The van der Waals surface area contributed by atoms with Gasteiger partial charge in [-0.2, -0.15) is 4.99 Å². The number of aromatic hydroxyl groups is 1. The summed E-state index contributed by atoms with van der Waals surface area (Å²) < 4.78 is 5.92. The molecule has 0 bridgehead atoms. The van der Waals surface area contributed by atoms with Crippen LogP contribution in [0.1, 0.15) is 12.5 Å². The Morgan fingerprint density at radius 2 is 2.04 bits per heavy atom. The molecule has 5 nitrogen and oxygen atoms in total. The number of halogens is 2. The fourth-order valence-corrected chi connectivity index (χ4v) is 3.89. The van der Waals surface area contributed by atoms with Crippen molar-refractivity contribution in [3.8, 4) is 11.5 Å². The standard InChI is InChI=1S/C19H16BrClN2O3S/c1-3-26-15-9-11(8-14(20)17(15)24)10-16-18(25)22-19(27-16)23(2)13-6-4-12(21)5-7-13/h4-10,24H,3H2,1-2H3/b16-10-. The third-order valence-corrected chi connectivity index (χ3v) is 5.68. The summed E-state index contributed by atoms with van der Waals surface area (Å²) >= 11 is 10.5. The van der Waals surface area contributed by atoms with Crippen LogP contribution in [0.4, 0.5) is 5.69 Å². The van der Waals surface area contributed by atoms with Crippen molar-refractivity contribution in [1.82, 2.24) is 0 Å². The first kappa shape index (κ1) is 19.8. The van der Waals surface area contributed by atoms with Crippen molar-refractivity contribution >= 4 is 62.1 Å². The minimum Gasteiger partial charge on any atom is -0.503 e. The molecule has 0 aliphatic carbocycles. The smallest absolute Gasteiger partial charge is 0.286 e. The number of amidine groups is 1. The third kappa shape index (κ3) is 4.48. The number of rotatable bonds is 4. The van der Waals surface area contributed by atoms with E-state index in [4.69, 9.17) is 16.3 Å². The van der Waals surface area contributed by atoms with E-state index in [1.807, 2.05) is 31.0 Å². The normalized spacial score (nSPS) is 15.2. The Hall–Kier alpha value is -1.96. The van der Waals surface area contributed by atoms with Crippen LogP contribution < -0.4 is 9.64 Å². The fourth-order valence-electron chi connectivity index (χ4n) is 2.41. The molecule has 0 atom stereocenters. The molecule has 1 aliphatic heterocycles. The molecule has 140 valence electrons. The molecule has 2 aromatic carbocycles. The summed E-state index contributed by atoms with van der Waals surface area (Å²) in [6, 6.07) is 10.7. The van der Waals surface area contributed by atoms with Crippen molar-refractivity contribution in [1.29, 1.82) is 0 Å². The summed E-state index contributed by atoms with van der Waals surface area (Å²) in [6.07, 6.45) is 1.73. The van der Waals surface area contributed by atoms with E-state index in [9.17, 15) is 9.90 Å². The second-order valence-electron chi connectivity index (χ2n) is 5.63. The van der Waals surface area contributed by atoms with Gasteiger partial charge in [0.1, 0.15) is 0 Å². The van der Waals surface area contributed by atoms with E-state index < -0.39 is 0 Å². The molecule has 1 aliphatic rings. The highest BCUT2D eigenvalue weighted by Crippen LogP contribution is 2.38. The largest absolute Gasteiger partial charge is 0.503 e. The Morgan fingerprint density at radius 3 is 2.70 bits per heavy atom. The van der Waals surface area contributed by atoms with Crippen LogP contribution >= 0.6 is 39.3 Å². The number of ether oxygens (including phenoxy) is 1. The van der Waals surface area contributed by atoms with Crippen LogP contribution in [-0.2, 0) is 4.79 Å². The second kappa shape index (κ2) is 8.37. The predicted molar refractivity (Wildman–Crippen MR) is 115 cm³/mol. The van der Waals surface area contributed by atoms with Gasteiger partial charge in [0.05, 0.1) is 16.0 Å². The molecule has 3 rings (SSSR count). The number of anilines is 1. The van der Waals surface area contributed by atoms with Crippen molar-refractivity contribution in [2.75, 3.05) is 18.6 Å². The average molecular weight is 468 g/mol. The Bertz CT molecular complexity index is 945. The van der Waals surface area contributed by atoms with Gasteiger partial charge < -0.3 is 14.7 Å². The van der Waals surface area contributed by atoms with Gasteiger partial charge in [0.2, 0.25) is 0 Å². The predicted octanol–water partition coefficient (Wildman–Crippen LogP) is 5.31. The van der Waals surface area contributed by atoms with Gasteiger partial charge in [-0.05, 0) is 82.7 Å². The van der Waals surface area contributed by atoms with Gasteiger partial charge >= 0.3 is 0 Å². The highest BCUT2D eigenvalue weighted by atomic mass is 79.9. The number of amides is 1. The van der Waals surface area contributed by atoms with Crippen LogP contribution in [0.3, 0.4) is 0 Å². The summed E-state index contributed by atoms with van der Waals surface area (Å²) in [5.74, 6) is 0.0791. The molecule has 0 saturated carbocycles. The number of thioether (sulfide) groups is 1. The number of carbonyl (C=O) groups is 1. The molecule has 1 heterocycles. The number of phenols is 1. The lowest BCUT2D eigenvalue weighted by Gasteiger charge is -2.17. The van der Waals surface area contributed by atoms with Crippen LogP contribution in [0.15, 0.2) is 50.8 Å². The topological polar surface area (TPSA) is 62.1 Å². The lowest BCUT2D eigenvalue weighted by molar-refractivity contribution is -0.113. The lowest BCUT2D eigenvalue weighted by atomic mass is 10.2. The molecule has 0 fully saturated rings. The minimum atomic E-state index is -0.307. The van der Waals surface area contributed by atoms with E-state index in [1.54, 1.807) is 30.3 Å². The zero-order valence-corrected chi connectivity index (χ0v) is 17.7. The SMILES string of the molecule is CCOc1cc(/C=C2\SC(N(C)c3ccc(Cl)cc3)=NC2=O)cc(Br)c1O. The quantitative estimate of drug-likeness (QED) is 0.617. The molecule has 0 aromatic heterocycles. The summed E-state index contributed by atoms with van der Waals surface area (Å²) in [7, 11) is 1.84. The highest BCUT2D eigenvalue weighted by molar-refractivity contribution is 9.10. The van der Waals surface area contributed by atoms with E-state index in [2.05, 4.69) is 20.9 Å². The number of nitrogens with zero attached hydrogens (tertiary/aromatic N) is 2. The zero-order chi connectivity index (χ0) is 19.6. The number of benzene rings is 2. The van der Waals surface area contributed by atoms with Gasteiger partial charge in [0.25, 0.3) is 5.91 Å². The number of hydrogen-bond acceptors (Lipinski definition) is 5. The van der Waals surface area contributed by atoms with E-state index in [1.165, 1.54) is 11.8 Å². The second-order valence-corrected chi connectivity index (χ2v) is 7.93. The van der Waals surface area contributed by atoms with Crippen molar-refractivity contribution in [2.45, 2.75) is 6.92 Å². The first-order valence-electron chi connectivity index (χ1n) is 8.06. The van der Waals surface area contributed by atoms with Crippen LogP contribution in [0.2, 0.25) is 5.02 Å². The summed E-state index contributed by atoms with van der Waals surface area (Å²) in [6.45, 7) is 2.26. The molecule has 8 heteroatoms. The van der Waals surface area contributed by atoms with E-state index in [0.29, 0.717) is 31.9 Å². The van der Waals surface area contributed by atoms with Crippen molar-refractivity contribution < 1.29 is 14.6 Å². The van der Waals surface area contributed by atoms with Crippen molar-refractivity contribution in [2.24, 2.45) is 4.99 Å². The van der Waals surface area contributed by atoms with Gasteiger partial charge in [-0.1, -0.05) is 11.6 Å². The number of phenolic OH excluding ortho intramolecular Hbond substituents is 1. The molecule has 1 amide bonds. The monoisotopic (exact) mass is 466 g/mol. The minimum absolute atomic E-state index is 0.0313. The Morgan fingerprint density at radius 1 is 1.33 bits per heavy atom. The van der Waals surface area contributed by atoms with Crippen molar-refractivity contribution in [3.63, 3.8) is 0 Å². The molecule has 0 spiro atoms. The third-order valence-electron chi connectivity index (χ3n) is 3.76. The summed E-state index contributed by atoms with van der Waals surface area (Å²) in [4.78, 5) is 18.8. The summed E-state index contributed by atoms with van der Waals surface area (Å²) in [5, 5.41) is 11.2. The molecule has 2 aromatic rings. The zero-order valence-electron chi connectivity index (χ0n) is 14.6. The Kier molecular flexibility index (Phi) is 6.14. The molecule has 0 radical (unpaired) electrons. The van der Waals surface area contributed by atoms with Gasteiger partial charge in [-0.15, -0.1) is 0 Å². The van der Waals surface area contributed by atoms with Crippen LogP contribution in [-0.4, -0.2) is 29.8 Å². The number of hydrogen-bond donors (Lipinski definition) is 1. The maximum atomic E-state index is 12.3. The molecular formula is C19H16BrClN2O3S. The molecule has 0 saturated heterocycles. The van der Waals surface area contributed by atoms with Crippen LogP contribution in [0, 0.1) is 0 Å². The molecule has 0 unspecified atom stereocenters. The maximum Gasteiger partial charge on any atom is 0.286 e.